The van der Waals surface area contributed by atoms with Gasteiger partial charge in [-0.1, -0.05) is 0 Å². The number of rotatable bonds is 4. The van der Waals surface area contributed by atoms with Crippen molar-refractivity contribution in [2.24, 2.45) is 0 Å². The Bertz CT molecular complexity index is 286. The summed E-state index contributed by atoms with van der Waals surface area (Å²) in [6.45, 7) is 1.65. The van der Waals surface area contributed by atoms with Crippen molar-refractivity contribution in [3.63, 3.8) is 0 Å². The fourth-order valence-corrected chi connectivity index (χ4v) is 0.802. The molecule has 0 amide bonds. The monoisotopic (exact) mass is 177 g/mol. The molecule has 0 aliphatic rings. The van der Waals surface area contributed by atoms with E-state index >= 15 is 0 Å². The number of hydrogen-bond donors (Lipinski definition) is 2. The molecule has 0 saturated carbocycles. The van der Waals surface area contributed by atoms with Gasteiger partial charge in [0.25, 0.3) is 0 Å². The molecule has 0 bridgehead atoms. The van der Waals surface area contributed by atoms with Crippen LogP contribution in [0.5, 0.6) is 0 Å². The molecule has 1 aromatic rings. The van der Waals surface area contributed by atoms with Crippen molar-refractivity contribution in [2.45, 2.75) is 0 Å². The number of anilines is 1. The molecule has 1 heterocycles. The standard InChI is InChI=1S/C8H11N5/c1-10-4-5-11-8-3-2-7(6-9)12-13-8/h2-3,10H,4-5H2,1H3,(H,11,13). The zero-order valence-corrected chi connectivity index (χ0v) is 7.41. The molecule has 1 rings (SSSR count). The van der Waals surface area contributed by atoms with Crippen molar-refractivity contribution < 1.29 is 0 Å². The highest BCUT2D eigenvalue weighted by Gasteiger charge is 1.94. The highest BCUT2D eigenvalue weighted by molar-refractivity contribution is 5.35. The molecule has 0 atom stereocenters. The third kappa shape index (κ3) is 3.05. The summed E-state index contributed by atoms with van der Waals surface area (Å²) in [5, 5.41) is 22.0. The molecule has 0 saturated heterocycles. The molecule has 0 aliphatic heterocycles. The molecule has 68 valence electrons. The van der Waals surface area contributed by atoms with Crippen molar-refractivity contribution in [3.05, 3.63) is 17.8 Å². The Morgan fingerprint density at radius 1 is 1.38 bits per heavy atom. The highest BCUT2D eigenvalue weighted by atomic mass is 15.2. The normalized spacial score (nSPS) is 9.23. The maximum absolute atomic E-state index is 8.46. The molecule has 0 aromatic carbocycles. The molecule has 5 heteroatoms. The van der Waals surface area contributed by atoms with Crippen LogP contribution in [-0.4, -0.2) is 30.3 Å². The average molecular weight is 177 g/mol. The number of hydrogen-bond acceptors (Lipinski definition) is 5. The van der Waals surface area contributed by atoms with Gasteiger partial charge in [-0.25, -0.2) is 0 Å². The smallest absolute Gasteiger partial charge is 0.163 e. The van der Waals surface area contributed by atoms with Gasteiger partial charge in [0.15, 0.2) is 5.69 Å². The third-order valence-electron chi connectivity index (χ3n) is 1.46. The molecule has 5 nitrogen and oxygen atoms in total. The molecule has 0 spiro atoms. The van der Waals surface area contributed by atoms with E-state index in [-0.39, 0.29) is 0 Å². The predicted molar refractivity (Wildman–Crippen MR) is 49.2 cm³/mol. The Morgan fingerprint density at radius 3 is 2.77 bits per heavy atom. The number of nitrogens with one attached hydrogen (secondary N) is 2. The van der Waals surface area contributed by atoms with Crippen LogP contribution < -0.4 is 10.6 Å². The molecule has 0 unspecified atom stereocenters. The van der Waals surface area contributed by atoms with Crippen LogP contribution in [-0.2, 0) is 0 Å². The summed E-state index contributed by atoms with van der Waals surface area (Å²) in [5.41, 5.74) is 0.333. The van der Waals surface area contributed by atoms with Crippen LogP contribution in [0.25, 0.3) is 0 Å². The minimum atomic E-state index is 0.333. The Kier molecular flexibility index (Phi) is 3.67. The molecule has 0 fully saturated rings. The van der Waals surface area contributed by atoms with E-state index in [9.17, 15) is 0 Å². The number of likely N-dealkylation sites (N-methyl/N-ethyl adjacent to an activating group) is 1. The molecule has 2 N–H and O–H groups in total. The highest BCUT2D eigenvalue weighted by Crippen LogP contribution is 1.99. The first-order chi connectivity index (χ1) is 6.36. The minimum absolute atomic E-state index is 0.333. The summed E-state index contributed by atoms with van der Waals surface area (Å²) in [7, 11) is 1.88. The van der Waals surface area contributed by atoms with Crippen LogP contribution in [0, 0.1) is 11.3 Å². The molecule has 0 aliphatic carbocycles. The first-order valence-electron chi connectivity index (χ1n) is 3.99. The van der Waals surface area contributed by atoms with Gasteiger partial charge in [-0.2, -0.15) is 5.26 Å². The summed E-state index contributed by atoms with van der Waals surface area (Å²) in [6, 6.07) is 5.28. The maximum atomic E-state index is 8.46. The van der Waals surface area contributed by atoms with Gasteiger partial charge in [0.1, 0.15) is 11.9 Å². The lowest BCUT2D eigenvalue weighted by atomic mass is 10.4. The summed E-state index contributed by atoms with van der Waals surface area (Å²) in [4.78, 5) is 0. The van der Waals surface area contributed by atoms with Gasteiger partial charge in [0.2, 0.25) is 0 Å². The van der Waals surface area contributed by atoms with Gasteiger partial charge >= 0.3 is 0 Å². The molecule has 0 radical (unpaired) electrons. The van der Waals surface area contributed by atoms with Crippen LogP contribution in [0.2, 0.25) is 0 Å². The summed E-state index contributed by atoms with van der Waals surface area (Å²) < 4.78 is 0. The minimum Gasteiger partial charge on any atom is -0.367 e. The molecular formula is C8H11N5. The van der Waals surface area contributed by atoms with E-state index in [0.29, 0.717) is 11.5 Å². The zero-order valence-electron chi connectivity index (χ0n) is 7.41. The molecular weight excluding hydrogens is 166 g/mol. The fraction of sp³-hybridized carbons (Fsp3) is 0.375. The quantitative estimate of drug-likeness (QED) is 0.632. The lowest BCUT2D eigenvalue weighted by Crippen LogP contribution is -2.18. The van der Waals surface area contributed by atoms with Gasteiger partial charge < -0.3 is 10.6 Å². The van der Waals surface area contributed by atoms with Crippen molar-refractivity contribution in [3.8, 4) is 6.07 Å². The third-order valence-corrected chi connectivity index (χ3v) is 1.46. The molecule has 13 heavy (non-hydrogen) atoms. The fourth-order valence-electron chi connectivity index (χ4n) is 0.802. The van der Waals surface area contributed by atoms with Gasteiger partial charge in [-0.3, -0.25) is 0 Å². The topological polar surface area (TPSA) is 73.6 Å². The Labute approximate surface area is 76.8 Å². The molecule has 1 aromatic heterocycles. The first-order valence-corrected chi connectivity index (χ1v) is 3.99. The van der Waals surface area contributed by atoms with Gasteiger partial charge in [0, 0.05) is 13.1 Å². The summed E-state index contributed by atoms with van der Waals surface area (Å²) in [5.74, 6) is 0.689. The maximum Gasteiger partial charge on any atom is 0.163 e. The van der Waals surface area contributed by atoms with Gasteiger partial charge in [0.05, 0.1) is 0 Å². The summed E-state index contributed by atoms with van der Waals surface area (Å²) in [6.07, 6.45) is 0. The van der Waals surface area contributed by atoms with Crippen molar-refractivity contribution in [1.29, 1.82) is 5.26 Å². The first kappa shape index (κ1) is 9.42. The lowest BCUT2D eigenvalue weighted by molar-refractivity contribution is 0.818. The zero-order chi connectivity index (χ0) is 9.52. The van der Waals surface area contributed by atoms with E-state index < -0.39 is 0 Å². The van der Waals surface area contributed by atoms with Crippen LogP contribution >= 0.6 is 0 Å². The Balaban J connectivity index is 2.46. The average Bonchev–Trinajstić information content (AvgIpc) is 2.19. The van der Waals surface area contributed by atoms with E-state index in [1.165, 1.54) is 0 Å². The van der Waals surface area contributed by atoms with E-state index in [0.717, 1.165) is 13.1 Å². The van der Waals surface area contributed by atoms with Crippen LogP contribution in [0.3, 0.4) is 0 Å². The van der Waals surface area contributed by atoms with Crippen molar-refractivity contribution in [1.82, 2.24) is 15.5 Å². The van der Waals surface area contributed by atoms with E-state index in [1.54, 1.807) is 12.1 Å². The number of aromatic nitrogens is 2. The van der Waals surface area contributed by atoms with Crippen molar-refractivity contribution in [2.75, 3.05) is 25.5 Å². The van der Waals surface area contributed by atoms with E-state index in [1.807, 2.05) is 13.1 Å². The van der Waals surface area contributed by atoms with Crippen LogP contribution in [0.1, 0.15) is 5.69 Å². The van der Waals surface area contributed by atoms with Crippen LogP contribution in [0.15, 0.2) is 12.1 Å². The Morgan fingerprint density at radius 2 is 2.23 bits per heavy atom. The van der Waals surface area contributed by atoms with Crippen LogP contribution in [0.4, 0.5) is 5.82 Å². The SMILES string of the molecule is CNCCNc1ccc(C#N)nn1. The van der Waals surface area contributed by atoms with Gasteiger partial charge in [-0.05, 0) is 19.2 Å². The van der Waals surface area contributed by atoms with E-state index in [4.69, 9.17) is 5.26 Å². The second-order valence-electron chi connectivity index (χ2n) is 2.45. The number of nitriles is 1. The predicted octanol–water partition coefficient (Wildman–Crippen LogP) is -0.0204. The van der Waals surface area contributed by atoms with E-state index in [2.05, 4.69) is 20.8 Å². The lowest BCUT2D eigenvalue weighted by Gasteiger charge is -2.02. The van der Waals surface area contributed by atoms with Crippen molar-refractivity contribution >= 4 is 5.82 Å². The second-order valence-corrected chi connectivity index (χ2v) is 2.45. The summed E-state index contributed by atoms with van der Waals surface area (Å²) >= 11 is 0. The number of nitrogens with zero attached hydrogens (tertiary/aromatic N) is 3. The largest absolute Gasteiger partial charge is 0.367 e. The van der Waals surface area contributed by atoms with Gasteiger partial charge in [-0.15, -0.1) is 10.2 Å². The second kappa shape index (κ2) is 5.06. The Hall–Kier alpha value is -1.67.